The summed E-state index contributed by atoms with van der Waals surface area (Å²) in [6.07, 6.45) is 0. The topological polar surface area (TPSA) is 85.5 Å². The van der Waals surface area contributed by atoms with Gasteiger partial charge in [0.1, 0.15) is 5.75 Å². The molecule has 7 nitrogen and oxygen atoms in total. The van der Waals surface area contributed by atoms with Gasteiger partial charge in [-0.15, -0.1) is 11.3 Å². The van der Waals surface area contributed by atoms with Gasteiger partial charge in [0.15, 0.2) is 0 Å². The van der Waals surface area contributed by atoms with Crippen molar-refractivity contribution in [3.63, 3.8) is 0 Å². The second-order valence-electron chi connectivity index (χ2n) is 5.63. The summed E-state index contributed by atoms with van der Waals surface area (Å²) in [6, 6.07) is 10.3. The molecule has 0 atom stereocenters. The van der Waals surface area contributed by atoms with Gasteiger partial charge in [-0.1, -0.05) is 17.3 Å². The fourth-order valence-electron chi connectivity index (χ4n) is 2.61. The molecule has 1 fully saturated rings. The second kappa shape index (κ2) is 6.25. The van der Waals surface area contributed by atoms with Crippen molar-refractivity contribution in [3.05, 3.63) is 47.7 Å². The Balaban J connectivity index is 1.48. The monoisotopic (exact) mass is 377 g/mol. The van der Waals surface area contributed by atoms with Gasteiger partial charge in [0.05, 0.1) is 22.8 Å². The van der Waals surface area contributed by atoms with Crippen molar-refractivity contribution in [1.29, 1.82) is 0 Å². The van der Waals surface area contributed by atoms with Crippen molar-refractivity contribution in [1.82, 2.24) is 14.4 Å². The van der Waals surface area contributed by atoms with E-state index < -0.39 is 10.0 Å². The number of rotatable bonds is 5. The molecule has 3 heterocycles. The summed E-state index contributed by atoms with van der Waals surface area (Å²) in [4.78, 5) is 5.53. The van der Waals surface area contributed by atoms with E-state index in [1.807, 2.05) is 17.5 Å². The Hall–Kier alpha value is -2.23. The summed E-state index contributed by atoms with van der Waals surface area (Å²) >= 11 is 1.53. The summed E-state index contributed by atoms with van der Waals surface area (Å²) in [5.41, 5.74) is 0. The molecule has 1 aromatic carbocycles. The number of sulfonamides is 1. The van der Waals surface area contributed by atoms with Crippen LogP contribution in [0.25, 0.3) is 10.7 Å². The van der Waals surface area contributed by atoms with Crippen molar-refractivity contribution >= 4 is 21.4 Å². The molecule has 0 radical (unpaired) electrons. The number of thiophene rings is 1. The van der Waals surface area contributed by atoms with Gasteiger partial charge >= 0.3 is 0 Å². The first-order chi connectivity index (χ1) is 12.1. The predicted molar refractivity (Wildman–Crippen MR) is 92.1 cm³/mol. The Morgan fingerprint density at radius 1 is 1.28 bits per heavy atom. The average molecular weight is 377 g/mol. The van der Waals surface area contributed by atoms with E-state index in [9.17, 15) is 8.42 Å². The van der Waals surface area contributed by atoms with E-state index in [-0.39, 0.29) is 10.8 Å². The summed E-state index contributed by atoms with van der Waals surface area (Å²) < 4.78 is 37.1. The molecular weight excluding hydrogens is 362 g/mol. The van der Waals surface area contributed by atoms with Crippen LogP contribution in [0.4, 0.5) is 0 Å². The van der Waals surface area contributed by atoms with Gasteiger partial charge in [-0.05, 0) is 23.6 Å². The molecule has 4 rings (SSSR count). The molecular formula is C16H15N3O4S2. The lowest BCUT2D eigenvalue weighted by molar-refractivity contribution is 0.216. The highest BCUT2D eigenvalue weighted by molar-refractivity contribution is 7.89. The van der Waals surface area contributed by atoms with Gasteiger partial charge in [0.2, 0.25) is 21.7 Å². The molecule has 3 aromatic rings. The number of ether oxygens (including phenoxy) is 1. The van der Waals surface area contributed by atoms with Gasteiger partial charge in [0, 0.05) is 19.2 Å². The van der Waals surface area contributed by atoms with E-state index in [2.05, 4.69) is 10.1 Å². The van der Waals surface area contributed by atoms with Crippen LogP contribution < -0.4 is 4.74 Å². The minimum Gasteiger partial charge on any atom is -0.497 e. The van der Waals surface area contributed by atoms with Crippen molar-refractivity contribution in [2.75, 3.05) is 20.2 Å². The Kier molecular flexibility index (Phi) is 4.06. The molecule has 0 N–H and O–H groups in total. The predicted octanol–water partition coefficient (Wildman–Crippen LogP) is 2.59. The summed E-state index contributed by atoms with van der Waals surface area (Å²) in [5, 5.41) is 5.91. The van der Waals surface area contributed by atoms with E-state index in [1.54, 1.807) is 18.2 Å². The van der Waals surface area contributed by atoms with Crippen LogP contribution in [0.3, 0.4) is 0 Å². The fraction of sp³-hybridized carbons (Fsp3) is 0.250. The first-order valence-electron chi connectivity index (χ1n) is 7.59. The van der Waals surface area contributed by atoms with Crippen LogP contribution >= 0.6 is 11.3 Å². The molecule has 1 aliphatic rings. The molecule has 130 valence electrons. The van der Waals surface area contributed by atoms with Crippen LogP contribution in [0.5, 0.6) is 5.75 Å². The standard InChI is InChI=1S/C16H15N3O4S2/c1-22-12-4-2-5-13(8-12)25(20,21)19-9-11(10-19)16-17-15(18-23-16)14-6-3-7-24-14/h2-8,11H,9-10H2,1H3. The third kappa shape index (κ3) is 2.94. The first-order valence-corrected chi connectivity index (χ1v) is 9.91. The second-order valence-corrected chi connectivity index (χ2v) is 8.52. The smallest absolute Gasteiger partial charge is 0.243 e. The Morgan fingerprint density at radius 3 is 2.84 bits per heavy atom. The molecule has 2 aromatic heterocycles. The molecule has 0 spiro atoms. The Morgan fingerprint density at radius 2 is 2.12 bits per heavy atom. The number of benzene rings is 1. The minimum absolute atomic E-state index is 0.0819. The zero-order valence-corrected chi connectivity index (χ0v) is 15.0. The SMILES string of the molecule is COc1cccc(S(=O)(=O)N2CC(c3nc(-c4cccs4)no3)C2)c1. The van der Waals surface area contributed by atoms with Gasteiger partial charge < -0.3 is 9.26 Å². The number of aromatic nitrogens is 2. The third-order valence-electron chi connectivity index (χ3n) is 4.06. The summed E-state index contributed by atoms with van der Waals surface area (Å²) in [5.74, 6) is 1.44. The van der Waals surface area contributed by atoms with Crippen molar-refractivity contribution in [2.45, 2.75) is 10.8 Å². The molecule has 9 heteroatoms. The normalized spacial score (nSPS) is 15.9. The lowest BCUT2D eigenvalue weighted by Gasteiger charge is -2.35. The Labute approximate surface area is 148 Å². The number of methoxy groups -OCH3 is 1. The van der Waals surface area contributed by atoms with Crippen LogP contribution in [0, 0.1) is 0 Å². The van der Waals surface area contributed by atoms with Crippen LogP contribution in [-0.4, -0.2) is 43.1 Å². The van der Waals surface area contributed by atoms with Gasteiger partial charge in [-0.2, -0.15) is 9.29 Å². The van der Waals surface area contributed by atoms with Crippen LogP contribution in [0.1, 0.15) is 11.8 Å². The Bertz CT molecular complexity index is 976. The first kappa shape index (κ1) is 16.2. The van der Waals surface area contributed by atoms with Gasteiger partial charge in [-0.25, -0.2) is 8.42 Å². The fourth-order valence-corrected chi connectivity index (χ4v) is 4.82. The maximum atomic E-state index is 12.7. The van der Waals surface area contributed by atoms with E-state index in [4.69, 9.17) is 9.26 Å². The van der Waals surface area contributed by atoms with E-state index in [1.165, 1.54) is 28.8 Å². The quantitative estimate of drug-likeness (QED) is 0.679. The molecule has 0 aliphatic carbocycles. The van der Waals surface area contributed by atoms with Crippen LogP contribution in [0.2, 0.25) is 0 Å². The van der Waals surface area contributed by atoms with E-state index in [0.717, 1.165) is 4.88 Å². The number of hydrogen-bond acceptors (Lipinski definition) is 7. The molecule has 25 heavy (non-hydrogen) atoms. The number of hydrogen-bond donors (Lipinski definition) is 0. The molecule has 0 saturated carbocycles. The average Bonchev–Trinajstić information content (AvgIpc) is 3.24. The van der Waals surface area contributed by atoms with Gasteiger partial charge in [-0.3, -0.25) is 0 Å². The van der Waals surface area contributed by atoms with Crippen molar-refractivity contribution < 1.29 is 17.7 Å². The molecule has 1 aliphatic heterocycles. The van der Waals surface area contributed by atoms with Gasteiger partial charge in [0.25, 0.3) is 0 Å². The largest absolute Gasteiger partial charge is 0.497 e. The maximum absolute atomic E-state index is 12.7. The number of nitrogens with zero attached hydrogens (tertiary/aromatic N) is 3. The molecule has 0 unspecified atom stereocenters. The molecule has 1 saturated heterocycles. The minimum atomic E-state index is -3.55. The zero-order chi connectivity index (χ0) is 17.4. The maximum Gasteiger partial charge on any atom is 0.243 e. The summed E-state index contributed by atoms with van der Waals surface area (Å²) in [7, 11) is -2.04. The third-order valence-corrected chi connectivity index (χ3v) is 6.75. The lowest BCUT2D eigenvalue weighted by Crippen LogP contribution is -2.48. The zero-order valence-electron chi connectivity index (χ0n) is 13.3. The highest BCUT2D eigenvalue weighted by atomic mass is 32.2. The van der Waals surface area contributed by atoms with Crippen molar-refractivity contribution in [3.8, 4) is 16.5 Å². The lowest BCUT2D eigenvalue weighted by atomic mass is 10.0. The van der Waals surface area contributed by atoms with E-state index in [0.29, 0.717) is 30.6 Å². The van der Waals surface area contributed by atoms with E-state index >= 15 is 0 Å². The van der Waals surface area contributed by atoms with Crippen LogP contribution in [0.15, 0.2) is 51.2 Å². The highest BCUT2D eigenvalue weighted by Crippen LogP contribution is 2.33. The van der Waals surface area contributed by atoms with Crippen LogP contribution in [-0.2, 0) is 10.0 Å². The molecule has 0 bridgehead atoms. The highest BCUT2D eigenvalue weighted by Gasteiger charge is 2.40. The summed E-state index contributed by atoms with van der Waals surface area (Å²) in [6.45, 7) is 0.650. The van der Waals surface area contributed by atoms with Crippen molar-refractivity contribution in [2.24, 2.45) is 0 Å². The molecule has 0 amide bonds.